The predicted molar refractivity (Wildman–Crippen MR) is 157 cm³/mol. The van der Waals surface area contributed by atoms with Crippen molar-refractivity contribution in [1.82, 2.24) is 9.88 Å². The fourth-order valence-corrected chi connectivity index (χ4v) is 11.0. The zero-order valence-electron chi connectivity index (χ0n) is 21.6. The number of thioether (sulfide) groups is 1. The van der Waals surface area contributed by atoms with Gasteiger partial charge in [0.15, 0.2) is 0 Å². The number of likely N-dealkylation sites (tertiary alicyclic amines) is 1. The molecule has 1 aromatic heterocycles. The van der Waals surface area contributed by atoms with E-state index in [1.165, 1.54) is 18.3 Å². The number of benzene rings is 2. The highest BCUT2D eigenvalue weighted by Gasteiger charge is 2.70. The lowest BCUT2D eigenvalue weighted by molar-refractivity contribution is -0.154. The molecule has 8 nitrogen and oxygen atoms in total. The van der Waals surface area contributed by atoms with Crippen LogP contribution in [0.4, 0.5) is 0 Å². The Morgan fingerprint density at radius 1 is 1.17 bits per heavy atom. The van der Waals surface area contributed by atoms with Crippen molar-refractivity contribution in [3.05, 3.63) is 77.6 Å². The molecule has 3 heterocycles. The van der Waals surface area contributed by atoms with Crippen LogP contribution in [0.15, 0.2) is 56.8 Å². The van der Waals surface area contributed by atoms with Gasteiger partial charge in [0.2, 0.25) is 11.8 Å². The number of fused-ring (bicyclic) bond motifs is 9. The number of thiazole rings is 1. The van der Waals surface area contributed by atoms with Crippen molar-refractivity contribution in [1.29, 1.82) is 0 Å². The van der Waals surface area contributed by atoms with Crippen LogP contribution in [0.25, 0.3) is 0 Å². The first kappa shape index (κ1) is 27.2. The summed E-state index contributed by atoms with van der Waals surface area (Å²) in [6.45, 7) is 1.69. The van der Waals surface area contributed by atoms with Crippen LogP contribution in [0.2, 0.25) is 5.02 Å². The number of carbonyl (C=O) groups excluding carboxylic acids is 2. The summed E-state index contributed by atoms with van der Waals surface area (Å²) in [6.07, 6.45) is 0.715. The highest BCUT2D eigenvalue weighted by atomic mass is 79.9. The Morgan fingerprint density at radius 2 is 1.93 bits per heavy atom. The van der Waals surface area contributed by atoms with Crippen molar-refractivity contribution in [3.63, 3.8) is 0 Å². The number of H-pyrrole nitrogens is 1. The minimum absolute atomic E-state index is 0.0133. The maximum Gasteiger partial charge on any atom is 0.326 e. The molecule has 7 rings (SSSR count). The van der Waals surface area contributed by atoms with E-state index in [1.54, 1.807) is 17.8 Å². The van der Waals surface area contributed by atoms with Crippen LogP contribution < -0.4 is 9.61 Å². The summed E-state index contributed by atoms with van der Waals surface area (Å²) < 4.78 is 7.23. The molecule has 212 valence electrons. The molecule has 4 aliphatic rings. The van der Waals surface area contributed by atoms with Gasteiger partial charge in [-0.1, -0.05) is 51.0 Å². The fourth-order valence-electron chi connectivity index (χ4n) is 7.56. The van der Waals surface area contributed by atoms with Gasteiger partial charge < -0.3 is 14.8 Å². The number of aliphatic carboxylic acids is 1. The van der Waals surface area contributed by atoms with Gasteiger partial charge in [0, 0.05) is 31.1 Å². The van der Waals surface area contributed by atoms with Crippen LogP contribution in [0.3, 0.4) is 0 Å². The minimum atomic E-state index is -1.21. The zero-order chi connectivity index (χ0) is 28.7. The third kappa shape index (κ3) is 4.22. The lowest BCUT2D eigenvalue weighted by Gasteiger charge is -2.43. The molecular weight excluding hydrogens is 652 g/mol. The van der Waals surface area contributed by atoms with Gasteiger partial charge in [0.1, 0.15) is 18.4 Å². The summed E-state index contributed by atoms with van der Waals surface area (Å²) >= 11 is 12.6. The molecule has 41 heavy (non-hydrogen) atoms. The standard InChI is InChI=1S/C29H24BrClN2O6S2/c1-11(28(36)37)33-26(34)21-16-9-17(22(21)27(33)35)23-20(16)19(24-25(40-23)32-29(38)41-24)15-8-13(30)5-6-18(15)39-10-12-3-2-4-14(31)7-12/h2-8,11,16-17,19-23H,9-10H2,1H3,(H,32,38)(H,36,37)/t11?,16?,17?,19-,20?,21?,22?,23?/m1/s1. The third-order valence-electron chi connectivity index (χ3n) is 9.09. The number of hydrogen-bond acceptors (Lipinski definition) is 7. The Morgan fingerprint density at radius 3 is 2.66 bits per heavy atom. The monoisotopic (exact) mass is 674 g/mol. The van der Waals surface area contributed by atoms with Crippen LogP contribution in [0.5, 0.6) is 5.75 Å². The number of carbonyl (C=O) groups is 3. The quantitative estimate of drug-likeness (QED) is 0.337. The highest BCUT2D eigenvalue weighted by Crippen LogP contribution is 2.69. The summed E-state index contributed by atoms with van der Waals surface area (Å²) in [5, 5.41) is 11.0. The van der Waals surface area contributed by atoms with E-state index in [9.17, 15) is 24.3 Å². The Hall–Kier alpha value is -2.60. The Labute approximate surface area is 256 Å². The molecule has 2 amide bonds. The number of imide groups is 1. The first-order valence-corrected chi connectivity index (χ1v) is 16.2. The number of halogens is 2. The average Bonchev–Trinajstić information content (AvgIpc) is 3.66. The SMILES string of the molecule is CC(C(=O)O)N1C(=O)C2C3CC(C2C1=O)C1C3Sc2[nH]c(=O)sc2[C@@H]1c1cc(Br)ccc1OCc1cccc(Cl)c1. The second-order valence-electron chi connectivity index (χ2n) is 11.1. The number of amides is 2. The van der Waals surface area contributed by atoms with Crippen LogP contribution >= 0.6 is 50.6 Å². The number of aromatic amines is 1. The van der Waals surface area contributed by atoms with Gasteiger partial charge in [-0.05, 0) is 67.0 Å². The molecule has 3 aromatic rings. The van der Waals surface area contributed by atoms with E-state index in [-0.39, 0.29) is 45.6 Å². The summed E-state index contributed by atoms with van der Waals surface area (Å²) in [5.74, 6) is -2.87. The molecule has 2 bridgehead atoms. The Balaban J connectivity index is 1.30. The minimum Gasteiger partial charge on any atom is -0.489 e. The van der Waals surface area contributed by atoms with E-state index in [0.717, 1.165) is 30.4 Å². The van der Waals surface area contributed by atoms with Gasteiger partial charge in [0.25, 0.3) is 0 Å². The maximum atomic E-state index is 13.6. The van der Waals surface area contributed by atoms with Crippen LogP contribution in [-0.2, 0) is 21.0 Å². The van der Waals surface area contributed by atoms with E-state index < -0.39 is 23.8 Å². The largest absolute Gasteiger partial charge is 0.489 e. The molecule has 7 unspecified atom stereocenters. The first-order chi connectivity index (χ1) is 19.6. The lowest BCUT2D eigenvalue weighted by atomic mass is 9.68. The van der Waals surface area contributed by atoms with Crippen molar-refractivity contribution in [3.8, 4) is 5.75 Å². The summed E-state index contributed by atoms with van der Waals surface area (Å²) in [4.78, 5) is 56.3. The molecule has 3 fully saturated rings. The molecule has 1 saturated heterocycles. The number of rotatable bonds is 6. The predicted octanol–water partition coefficient (Wildman–Crippen LogP) is 5.38. The van der Waals surface area contributed by atoms with Crippen molar-refractivity contribution in [2.45, 2.75) is 42.2 Å². The Kier molecular flexibility index (Phi) is 6.64. The van der Waals surface area contributed by atoms with Gasteiger partial charge in [-0.25, -0.2) is 4.79 Å². The van der Waals surface area contributed by atoms with E-state index in [4.69, 9.17) is 16.3 Å². The number of carboxylic acids is 1. The number of nitrogens with zero attached hydrogens (tertiary/aromatic N) is 1. The van der Waals surface area contributed by atoms with E-state index in [2.05, 4.69) is 20.9 Å². The smallest absolute Gasteiger partial charge is 0.326 e. The van der Waals surface area contributed by atoms with E-state index in [1.807, 2.05) is 36.4 Å². The van der Waals surface area contributed by atoms with Gasteiger partial charge in [-0.2, -0.15) is 0 Å². The molecule has 0 radical (unpaired) electrons. The molecule has 8 atom stereocenters. The van der Waals surface area contributed by atoms with Crippen molar-refractivity contribution >= 4 is 68.4 Å². The fraction of sp³-hybridized carbons (Fsp3) is 0.379. The molecule has 12 heteroatoms. The molecule has 2 aromatic carbocycles. The number of carboxylic acid groups (broad SMARTS) is 1. The van der Waals surface area contributed by atoms with E-state index in [0.29, 0.717) is 23.8 Å². The molecule has 2 aliphatic heterocycles. The van der Waals surface area contributed by atoms with Crippen LogP contribution in [0, 0.1) is 29.6 Å². The van der Waals surface area contributed by atoms with Crippen molar-refractivity contribution in [2.24, 2.45) is 29.6 Å². The zero-order valence-corrected chi connectivity index (χ0v) is 25.6. The second kappa shape index (κ2) is 10.00. The normalized spacial score (nSPS) is 30.2. The van der Waals surface area contributed by atoms with Crippen LogP contribution in [-0.4, -0.2) is 44.1 Å². The number of nitrogens with one attached hydrogen (secondary N) is 1. The van der Waals surface area contributed by atoms with Gasteiger partial charge >= 0.3 is 10.8 Å². The lowest BCUT2D eigenvalue weighted by Crippen LogP contribution is -2.44. The average molecular weight is 676 g/mol. The Bertz CT molecular complexity index is 1670. The van der Waals surface area contributed by atoms with Crippen molar-refractivity contribution in [2.75, 3.05) is 0 Å². The molecule has 2 saturated carbocycles. The number of aromatic nitrogens is 1. The summed E-state index contributed by atoms with van der Waals surface area (Å²) in [5.41, 5.74) is 1.82. The maximum absolute atomic E-state index is 13.6. The van der Waals surface area contributed by atoms with Crippen molar-refractivity contribution < 1.29 is 24.2 Å². The third-order valence-corrected chi connectivity index (χ3v) is 12.4. The summed E-state index contributed by atoms with van der Waals surface area (Å²) in [7, 11) is 0. The molecule has 0 spiro atoms. The molecular formula is C29H24BrClN2O6S2. The molecule has 2 aliphatic carbocycles. The topological polar surface area (TPSA) is 117 Å². The van der Waals surface area contributed by atoms with Gasteiger partial charge in [-0.3, -0.25) is 19.3 Å². The summed E-state index contributed by atoms with van der Waals surface area (Å²) in [6, 6.07) is 12.1. The highest BCUT2D eigenvalue weighted by molar-refractivity contribution is 9.10. The first-order valence-electron chi connectivity index (χ1n) is 13.3. The van der Waals surface area contributed by atoms with Gasteiger partial charge in [-0.15, -0.1) is 11.8 Å². The second-order valence-corrected chi connectivity index (χ2v) is 14.7. The number of hydrogen-bond donors (Lipinski definition) is 2. The van der Waals surface area contributed by atoms with Gasteiger partial charge in [0.05, 0.1) is 16.9 Å². The van der Waals surface area contributed by atoms with E-state index >= 15 is 0 Å². The van der Waals surface area contributed by atoms with Crippen LogP contribution in [0.1, 0.15) is 35.3 Å². The number of ether oxygens (including phenoxy) is 1. The molecule has 2 N–H and O–H groups in total.